The summed E-state index contributed by atoms with van der Waals surface area (Å²) in [4.78, 5) is 10.3. The molecule has 5 nitrogen and oxygen atoms in total. The van der Waals surface area contributed by atoms with Gasteiger partial charge in [-0.2, -0.15) is 11.8 Å². The van der Waals surface area contributed by atoms with Gasteiger partial charge in [0.05, 0.1) is 0 Å². The molecule has 2 rings (SSSR count). The SMILES string of the molecule is Cc1nc(Br)cc(N2CCSCC2S(C)(=O)=O)n1. The summed E-state index contributed by atoms with van der Waals surface area (Å²) in [7, 11) is -3.12. The normalized spacial score (nSPS) is 21.1. The fourth-order valence-corrected chi connectivity index (χ4v) is 5.15. The van der Waals surface area contributed by atoms with Crippen LogP contribution in [0.15, 0.2) is 10.7 Å². The van der Waals surface area contributed by atoms with E-state index in [9.17, 15) is 8.42 Å². The zero-order valence-corrected chi connectivity index (χ0v) is 13.3. The Labute approximate surface area is 119 Å². The molecule has 0 spiro atoms. The van der Waals surface area contributed by atoms with Crippen LogP contribution in [0.4, 0.5) is 5.82 Å². The summed E-state index contributed by atoms with van der Waals surface area (Å²) in [6, 6.07) is 1.77. The Hall–Kier alpha value is -0.340. The maximum Gasteiger partial charge on any atom is 0.169 e. The lowest BCUT2D eigenvalue weighted by molar-refractivity contribution is 0.583. The van der Waals surface area contributed by atoms with Crippen LogP contribution in [0.2, 0.25) is 0 Å². The molecule has 0 amide bonds. The summed E-state index contributed by atoms with van der Waals surface area (Å²) < 4.78 is 24.3. The van der Waals surface area contributed by atoms with Gasteiger partial charge in [-0.1, -0.05) is 0 Å². The van der Waals surface area contributed by atoms with Crippen LogP contribution in [0, 0.1) is 6.92 Å². The maximum absolute atomic E-state index is 11.8. The van der Waals surface area contributed by atoms with Crippen molar-refractivity contribution in [3.05, 3.63) is 16.5 Å². The van der Waals surface area contributed by atoms with Crippen molar-refractivity contribution < 1.29 is 8.42 Å². The number of halogens is 1. The molecule has 1 atom stereocenters. The highest BCUT2D eigenvalue weighted by Crippen LogP contribution is 2.26. The average Bonchev–Trinajstić information content (AvgIpc) is 2.26. The Balaban J connectivity index is 2.40. The molecule has 18 heavy (non-hydrogen) atoms. The van der Waals surface area contributed by atoms with Gasteiger partial charge in [0.1, 0.15) is 21.6 Å². The van der Waals surface area contributed by atoms with E-state index in [4.69, 9.17) is 0 Å². The second-order valence-corrected chi connectivity index (χ2v) is 8.31. The van der Waals surface area contributed by atoms with Crippen molar-refractivity contribution in [2.24, 2.45) is 0 Å². The topological polar surface area (TPSA) is 63.2 Å². The molecule has 0 bridgehead atoms. The minimum atomic E-state index is -3.12. The molecular weight excluding hydrogens is 338 g/mol. The molecule has 2 heterocycles. The first kappa shape index (κ1) is 14.1. The molecule has 0 radical (unpaired) electrons. The lowest BCUT2D eigenvalue weighted by Gasteiger charge is -2.35. The lowest BCUT2D eigenvalue weighted by Crippen LogP contribution is -2.47. The predicted molar refractivity (Wildman–Crippen MR) is 77.8 cm³/mol. The monoisotopic (exact) mass is 351 g/mol. The van der Waals surface area contributed by atoms with E-state index in [-0.39, 0.29) is 0 Å². The molecule has 0 N–H and O–H groups in total. The van der Waals surface area contributed by atoms with Crippen LogP contribution < -0.4 is 4.90 Å². The third-order valence-corrected chi connectivity index (χ3v) is 5.72. The van der Waals surface area contributed by atoms with Gasteiger partial charge in [0.25, 0.3) is 0 Å². The van der Waals surface area contributed by atoms with E-state index in [0.29, 0.717) is 28.5 Å². The fraction of sp³-hybridized carbons (Fsp3) is 0.600. The van der Waals surface area contributed by atoms with E-state index in [0.717, 1.165) is 5.75 Å². The zero-order chi connectivity index (χ0) is 13.3. The number of rotatable bonds is 2. The average molecular weight is 352 g/mol. The third kappa shape index (κ3) is 3.16. The number of hydrogen-bond acceptors (Lipinski definition) is 6. The molecule has 0 aliphatic carbocycles. The van der Waals surface area contributed by atoms with Crippen molar-refractivity contribution in [3.63, 3.8) is 0 Å². The number of nitrogens with zero attached hydrogens (tertiary/aromatic N) is 3. The van der Waals surface area contributed by atoms with Crippen LogP contribution >= 0.6 is 27.7 Å². The molecule has 1 aromatic rings. The Kier molecular flexibility index (Phi) is 4.18. The highest BCUT2D eigenvalue weighted by Gasteiger charge is 2.32. The Morgan fingerprint density at radius 1 is 1.50 bits per heavy atom. The minimum absolute atomic E-state index is 0.502. The summed E-state index contributed by atoms with van der Waals surface area (Å²) in [5.74, 6) is 2.79. The van der Waals surface area contributed by atoms with Crippen molar-refractivity contribution in [2.75, 3.05) is 29.2 Å². The van der Waals surface area contributed by atoms with Gasteiger partial charge >= 0.3 is 0 Å². The summed E-state index contributed by atoms with van der Waals surface area (Å²) >= 11 is 4.98. The Morgan fingerprint density at radius 3 is 2.83 bits per heavy atom. The van der Waals surface area contributed by atoms with Gasteiger partial charge < -0.3 is 4.90 Å². The largest absolute Gasteiger partial charge is 0.338 e. The molecule has 1 unspecified atom stereocenters. The Morgan fingerprint density at radius 2 is 2.22 bits per heavy atom. The quantitative estimate of drug-likeness (QED) is 0.752. The van der Waals surface area contributed by atoms with Crippen LogP contribution in [0.5, 0.6) is 0 Å². The molecule has 8 heteroatoms. The third-order valence-electron chi connectivity index (χ3n) is 2.67. The van der Waals surface area contributed by atoms with Gasteiger partial charge in [0.15, 0.2) is 9.84 Å². The van der Waals surface area contributed by atoms with Gasteiger partial charge in [0, 0.05) is 30.4 Å². The number of sulfone groups is 1. The van der Waals surface area contributed by atoms with Crippen LogP contribution in [0.3, 0.4) is 0 Å². The first-order chi connectivity index (χ1) is 8.38. The summed E-state index contributed by atoms with van der Waals surface area (Å²) in [6.45, 7) is 2.48. The molecule has 1 aromatic heterocycles. The van der Waals surface area contributed by atoms with Crippen molar-refractivity contribution in [3.8, 4) is 0 Å². The number of anilines is 1. The first-order valence-electron chi connectivity index (χ1n) is 5.42. The van der Waals surface area contributed by atoms with Gasteiger partial charge in [-0.25, -0.2) is 18.4 Å². The standard InChI is InChI=1S/C10H14BrN3O2S2/c1-7-12-8(11)5-9(13-7)14-3-4-17-6-10(14)18(2,15)16/h5,10H,3-4,6H2,1-2H3. The molecule has 1 saturated heterocycles. The molecule has 0 saturated carbocycles. The van der Waals surface area contributed by atoms with E-state index in [2.05, 4.69) is 25.9 Å². The van der Waals surface area contributed by atoms with Gasteiger partial charge in [-0.15, -0.1) is 0 Å². The number of thioether (sulfide) groups is 1. The van der Waals surface area contributed by atoms with Crippen LogP contribution in [0.1, 0.15) is 5.82 Å². The molecule has 1 aliphatic rings. The highest BCUT2D eigenvalue weighted by molar-refractivity contribution is 9.10. The lowest BCUT2D eigenvalue weighted by atomic mass is 10.4. The zero-order valence-electron chi connectivity index (χ0n) is 10.1. The number of aryl methyl sites for hydroxylation is 1. The van der Waals surface area contributed by atoms with E-state index < -0.39 is 15.2 Å². The van der Waals surface area contributed by atoms with Crippen molar-refractivity contribution in [1.82, 2.24) is 9.97 Å². The highest BCUT2D eigenvalue weighted by atomic mass is 79.9. The number of hydrogen-bond donors (Lipinski definition) is 0. The first-order valence-corrected chi connectivity index (χ1v) is 9.32. The van der Waals surface area contributed by atoms with Crippen LogP contribution in [0.25, 0.3) is 0 Å². The molecule has 1 fully saturated rings. The maximum atomic E-state index is 11.8. The van der Waals surface area contributed by atoms with Crippen molar-refractivity contribution in [2.45, 2.75) is 12.3 Å². The van der Waals surface area contributed by atoms with Gasteiger partial charge in [0.2, 0.25) is 0 Å². The van der Waals surface area contributed by atoms with Gasteiger partial charge in [-0.05, 0) is 22.9 Å². The van der Waals surface area contributed by atoms with Crippen molar-refractivity contribution in [1.29, 1.82) is 0 Å². The smallest absolute Gasteiger partial charge is 0.169 e. The summed E-state index contributed by atoms with van der Waals surface area (Å²) in [5, 5.41) is -0.502. The Bertz CT molecular complexity index is 530. The van der Waals surface area contributed by atoms with Crippen LogP contribution in [-0.2, 0) is 9.84 Å². The van der Waals surface area contributed by atoms with E-state index >= 15 is 0 Å². The van der Waals surface area contributed by atoms with Crippen LogP contribution in [-0.4, -0.2) is 48.1 Å². The number of aromatic nitrogens is 2. The fourth-order valence-electron chi connectivity index (χ4n) is 1.86. The van der Waals surface area contributed by atoms with Crippen molar-refractivity contribution >= 4 is 43.3 Å². The molecule has 0 aromatic carbocycles. The molecular formula is C10H14BrN3O2S2. The summed E-state index contributed by atoms with van der Waals surface area (Å²) in [6.07, 6.45) is 1.28. The van der Waals surface area contributed by atoms with E-state index in [1.165, 1.54) is 6.26 Å². The second-order valence-electron chi connectivity index (χ2n) is 4.15. The minimum Gasteiger partial charge on any atom is -0.338 e. The van der Waals surface area contributed by atoms with Gasteiger partial charge in [-0.3, -0.25) is 0 Å². The second kappa shape index (κ2) is 5.34. The van der Waals surface area contributed by atoms with E-state index in [1.807, 2.05) is 4.90 Å². The summed E-state index contributed by atoms with van der Waals surface area (Å²) in [5.41, 5.74) is 0. The predicted octanol–water partition coefficient (Wildman–Crippen LogP) is 1.47. The van der Waals surface area contributed by atoms with E-state index in [1.54, 1.807) is 24.8 Å². The molecule has 100 valence electrons. The molecule has 1 aliphatic heterocycles.